The summed E-state index contributed by atoms with van der Waals surface area (Å²) in [7, 11) is 2.19. The Balaban J connectivity index is 1.69. The van der Waals surface area contributed by atoms with Gasteiger partial charge < -0.3 is 19.9 Å². The van der Waals surface area contributed by atoms with Gasteiger partial charge in [0.2, 0.25) is 0 Å². The third-order valence-electron chi connectivity index (χ3n) is 4.56. The molecule has 20 heavy (non-hydrogen) atoms. The van der Waals surface area contributed by atoms with Crippen molar-refractivity contribution in [2.75, 3.05) is 46.4 Å². The average molecular weight is 283 g/mol. The van der Waals surface area contributed by atoms with Crippen LogP contribution in [-0.2, 0) is 4.74 Å². The van der Waals surface area contributed by atoms with E-state index in [4.69, 9.17) is 4.74 Å². The summed E-state index contributed by atoms with van der Waals surface area (Å²) in [6.07, 6.45) is 2.90. The van der Waals surface area contributed by atoms with Gasteiger partial charge in [0.25, 0.3) is 0 Å². The minimum absolute atomic E-state index is 0.349. The van der Waals surface area contributed by atoms with Gasteiger partial charge in [0.05, 0.1) is 12.7 Å². The molecule has 0 aromatic carbocycles. The van der Waals surface area contributed by atoms with Crippen molar-refractivity contribution in [2.45, 2.75) is 51.8 Å². The van der Waals surface area contributed by atoms with Gasteiger partial charge in [-0.15, -0.1) is 0 Å². The fraction of sp³-hybridized carbons (Fsp3) is 1.00. The van der Waals surface area contributed by atoms with Gasteiger partial charge in [-0.2, -0.15) is 0 Å². The van der Waals surface area contributed by atoms with Crippen LogP contribution in [0.1, 0.15) is 33.6 Å². The van der Waals surface area contributed by atoms with E-state index in [0.717, 1.165) is 25.6 Å². The van der Waals surface area contributed by atoms with Crippen molar-refractivity contribution in [3.8, 4) is 0 Å². The molecule has 2 atom stereocenters. The number of piperidine rings is 1. The van der Waals surface area contributed by atoms with Crippen LogP contribution in [0.3, 0.4) is 0 Å². The fourth-order valence-corrected chi connectivity index (χ4v) is 3.39. The summed E-state index contributed by atoms with van der Waals surface area (Å²) in [6, 6.07) is 1.13. The topological polar surface area (TPSA) is 27.7 Å². The maximum atomic E-state index is 5.91. The first kappa shape index (κ1) is 16.2. The summed E-state index contributed by atoms with van der Waals surface area (Å²) in [6.45, 7) is 13.6. The second-order valence-electron chi connectivity index (χ2n) is 7.10. The van der Waals surface area contributed by atoms with Crippen LogP contribution in [0.15, 0.2) is 0 Å². The quantitative estimate of drug-likeness (QED) is 0.826. The summed E-state index contributed by atoms with van der Waals surface area (Å²) in [5, 5.41) is 3.80. The lowest BCUT2D eigenvalue weighted by atomic mass is 10.0. The van der Waals surface area contributed by atoms with E-state index in [1.807, 2.05) is 0 Å². The van der Waals surface area contributed by atoms with Crippen molar-refractivity contribution in [2.24, 2.45) is 5.92 Å². The highest BCUT2D eigenvalue weighted by Crippen LogP contribution is 2.15. The van der Waals surface area contributed by atoms with Gasteiger partial charge in [-0.05, 0) is 45.8 Å². The van der Waals surface area contributed by atoms with E-state index in [9.17, 15) is 0 Å². The van der Waals surface area contributed by atoms with E-state index in [1.54, 1.807) is 0 Å². The highest BCUT2D eigenvalue weighted by molar-refractivity contribution is 4.85. The van der Waals surface area contributed by atoms with Crippen LogP contribution in [0.5, 0.6) is 0 Å². The summed E-state index contributed by atoms with van der Waals surface area (Å²) < 4.78 is 5.91. The van der Waals surface area contributed by atoms with Crippen LogP contribution in [0.25, 0.3) is 0 Å². The van der Waals surface area contributed by atoms with Gasteiger partial charge in [0.15, 0.2) is 0 Å². The maximum Gasteiger partial charge on any atom is 0.0852 e. The third kappa shape index (κ3) is 4.99. The van der Waals surface area contributed by atoms with E-state index in [1.165, 1.54) is 32.5 Å². The molecule has 118 valence electrons. The molecule has 2 heterocycles. The zero-order chi connectivity index (χ0) is 14.5. The minimum atomic E-state index is 0.349. The number of hydrogen-bond acceptors (Lipinski definition) is 4. The number of likely N-dealkylation sites (N-methyl/N-ethyl adjacent to an activating group) is 1. The predicted molar refractivity (Wildman–Crippen MR) is 84.1 cm³/mol. The average Bonchev–Trinajstić information content (AvgIpc) is 2.40. The number of likely N-dealkylation sites (tertiary alicyclic amines) is 1. The summed E-state index contributed by atoms with van der Waals surface area (Å²) in [5.74, 6) is 0.782. The smallest absolute Gasteiger partial charge is 0.0852 e. The van der Waals surface area contributed by atoms with Gasteiger partial charge in [-0.1, -0.05) is 13.8 Å². The number of nitrogens with zero attached hydrogens (tertiary/aromatic N) is 2. The van der Waals surface area contributed by atoms with Crippen LogP contribution in [0.4, 0.5) is 0 Å². The second kappa shape index (κ2) is 7.74. The molecule has 4 nitrogen and oxygen atoms in total. The molecule has 0 radical (unpaired) electrons. The Kier molecular flexibility index (Phi) is 6.27. The molecule has 4 heteroatoms. The van der Waals surface area contributed by atoms with E-state index in [2.05, 4.69) is 42.9 Å². The molecular formula is C16H33N3O. The van der Waals surface area contributed by atoms with E-state index < -0.39 is 0 Å². The van der Waals surface area contributed by atoms with Gasteiger partial charge in [0, 0.05) is 31.7 Å². The Morgan fingerprint density at radius 1 is 1.15 bits per heavy atom. The van der Waals surface area contributed by atoms with Gasteiger partial charge in [0.1, 0.15) is 0 Å². The van der Waals surface area contributed by atoms with Crippen molar-refractivity contribution >= 4 is 0 Å². The second-order valence-corrected chi connectivity index (χ2v) is 7.10. The van der Waals surface area contributed by atoms with Crippen molar-refractivity contribution in [3.05, 3.63) is 0 Å². The van der Waals surface area contributed by atoms with Crippen molar-refractivity contribution < 1.29 is 4.74 Å². The molecule has 2 rings (SSSR count). The van der Waals surface area contributed by atoms with Crippen LogP contribution in [0, 0.1) is 5.92 Å². The third-order valence-corrected chi connectivity index (χ3v) is 4.56. The number of nitrogens with one attached hydrogen (secondary N) is 1. The molecule has 0 unspecified atom stereocenters. The number of morpholine rings is 1. The number of rotatable bonds is 5. The van der Waals surface area contributed by atoms with E-state index >= 15 is 0 Å². The van der Waals surface area contributed by atoms with Crippen molar-refractivity contribution in [1.82, 2.24) is 15.1 Å². The molecule has 0 aromatic heterocycles. The van der Waals surface area contributed by atoms with Crippen LogP contribution >= 0.6 is 0 Å². The minimum Gasteiger partial charge on any atom is -0.374 e. The molecule has 0 aliphatic carbocycles. The van der Waals surface area contributed by atoms with E-state index in [-0.39, 0.29) is 0 Å². The lowest BCUT2D eigenvalue weighted by Gasteiger charge is -2.38. The van der Waals surface area contributed by atoms with Gasteiger partial charge in [-0.25, -0.2) is 0 Å². The Morgan fingerprint density at radius 2 is 1.85 bits per heavy atom. The Hall–Kier alpha value is -0.160. The first-order valence-electron chi connectivity index (χ1n) is 8.33. The van der Waals surface area contributed by atoms with Crippen LogP contribution in [-0.4, -0.2) is 74.4 Å². The summed E-state index contributed by atoms with van der Waals surface area (Å²) in [4.78, 5) is 4.98. The summed E-state index contributed by atoms with van der Waals surface area (Å²) >= 11 is 0. The van der Waals surface area contributed by atoms with Crippen LogP contribution < -0.4 is 5.32 Å². The van der Waals surface area contributed by atoms with Crippen molar-refractivity contribution in [1.29, 1.82) is 0 Å². The largest absolute Gasteiger partial charge is 0.374 e. The molecule has 0 bridgehead atoms. The lowest BCUT2D eigenvalue weighted by molar-refractivity contribution is -0.0383. The highest BCUT2D eigenvalue weighted by Gasteiger charge is 2.27. The number of hydrogen-bond donors (Lipinski definition) is 1. The first-order chi connectivity index (χ1) is 9.54. The summed E-state index contributed by atoms with van der Waals surface area (Å²) in [5.41, 5.74) is 0. The molecule has 2 aliphatic heterocycles. The molecule has 2 fully saturated rings. The van der Waals surface area contributed by atoms with E-state index in [0.29, 0.717) is 18.2 Å². The molecule has 0 spiro atoms. The molecule has 2 saturated heterocycles. The lowest BCUT2D eigenvalue weighted by Crippen LogP contribution is -2.54. The Morgan fingerprint density at radius 3 is 2.45 bits per heavy atom. The van der Waals surface area contributed by atoms with Gasteiger partial charge in [-0.3, -0.25) is 0 Å². The molecular weight excluding hydrogens is 250 g/mol. The fourth-order valence-electron chi connectivity index (χ4n) is 3.39. The number of ether oxygens (including phenoxy) is 1. The Bertz CT molecular complexity index is 277. The predicted octanol–water partition coefficient (Wildman–Crippen LogP) is 1.42. The highest BCUT2D eigenvalue weighted by atomic mass is 16.5. The standard InChI is InChI=1S/C16H33N3O/c1-13(2)11-19-7-5-15(6-8-19)17-14(3)16-12-18(4)9-10-20-16/h13-17H,5-12H2,1-4H3/t14-,16+/m1/s1. The van der Waals surface area contributed by atoms with Gasteiger partial charge >= 0.3 is 0 Å². The SMILES string of the molecule is CC(C)CN1CCC(N[C@H](C)[C@@H]2CN(C)CCO2)CC1. The molecule has 0 amide bonds. The molecule has 2 aliphatic rings. The van der Waals surface area contributed by atoms with Crippen LogP contribution in [0.2, 0.25) is 0 Å². The maximum absolute atomic E-state index is 5.91. The monoisotopic (exact) mass is 283 g/mol. The Labute approximate surface area is 124 Å². The molecule has 1 N–H and O–H groups in total. The zero-order valence-corrected chi connectivity index (χ0v) is 13.8. The first-order valence-corrected chi connectivity index (χ1v) is 8.33. The van der Waals surface area contributed by atoms with Crippen molar-refractivity contribution in [3.63, 3.8) is 0 Å². The normalized spacial score (nSPS) is 28.9. The zero-order valence-electron chi connectivity index (χ0n) is 13.8. The molecule has 0 saturated carbocycles. The molecule has 0 aromatic rings.